The smallest absolute Gasteiger partial charge is 0.360 e. The van der Waals surface area contributed by atoms with Crippen molar-refractivity contribution in [3.63, 3.8) is 0 Å². The summed E-state index contributed by atoms with van der Waals surface area (Å²) in [7, 11) is 0. The zero-order valence-corrected chi connectivity index (χ0v) is 14.6. The summed E-state index contributed by atoms with van der Waals surface area (Å²) in [5, 5.41) is 6.51. The molecule has 9 heteroatoms. The minimum atomic E-state index is -4.98. The van der Waals surface area contributed by atoms with Crippen LogP contribution in [0.15, 0.2) is 59.8 Å². The van der Waals surface area contributed by atoms with Crippen molar-refractivity contribution in [2.45, 2.75) is 13.1 Å². The first-order chi connectivity index (χ1) is 13.3. The molecular weight excluding hydrogens is 373 g/mol. The van der Waals surface area contributed by atoms with E-state index < -0.39 is 18.0 Å². The third kappa shape index (κ3) is 4.20. The maximum Gasteiger partial charge on any atom is 0.471 e. The zero-order chi connectivity index (χ0) is 20.3. The highest BCUT2D eigenvalue weighted by Crippen LogP contribution is 2.20. The van der Waals surface area contributed by atoms with Gasteiger partial charge in [0.05, 0.1) is 11.3 Å². The number of halogens is 3. The van der Waals surface area contributed by atoms with Crippen molar-refractivity contribution in [2.75, 3.05) is 5.32 Å². The molecule has 0 bridgehead atoms. The highest BCUT2D eigenvalue weighted by molar-refractivity contribution is 6.08. The van der Waals surface area contributed by atoms with Gasteiger partial charge in [0.15, 0.2) is 0 Å². The monoisotopic (exact) mass is 388 g/mol. The molecule has 0 atom stereocenters. The fraction of sp³-hybridized carbons (Fsp3) is 0.105. The van der Waals surface area contributed by atoms with E-state index in [9.17, 15) is 22.8 Å². The number of alkyl halides is 3. The summed E-state index contributed by atoms with van der Waals surface area (Å²) >= 11 is 0. The second-order valence-corrected chi connectivity index (χ2v) is 5.92. The number of hydrogen-bond donors (Lipinski definition) is 3. The van der Waals surface area contributed by atoms with Gasteiger partial charge in [-0.2, -0.15) is 18.3 Å². The number of H-pyrrole nitrogens is 1. The lowest BCUT2D eigenvalue weighted by Gasteiger charge is -2.09. The van der Waals surface area contributed by atoms with Gasteiger partial charge in [-0.1, -0.05) is 30.3 Å². The van der Waals surface area contributed by atoms with Gasteiger partial charge in [-0.3, -0.25) is 9.59 Å². The Morgan fingerprint density at radius 2 is 1.82 bits per heavy atom. The van der Waals surface area contributed by atoms with E-state index in [-0.39, 0.29) is 5.69 Å². The van der Waals surface area contributed by atoms with E-state index in [1.807, 2.05) is 18.2 Å². The third-order valence-corrected chi connectivity index (χ3v) is 3.95. The van der Waals surface area contributed by atoms with Gasteiger partial charge in [-0.15, -0.1) is 0 Å². The fourth-order valence-corrected chi connectivity index (χ4v) is 2.54. The summed E-state index contributed by atoms with van der Waals surface area (Å²) in [6, 6.07) is 13.0. The summed E-state index contributed by atoms with van der Waals surface area (Å²) in [5.41, 5.74) is 4.41. The Morgan fingerprint density at radius 3 is 2.57 bits per heavy atom. The van der Waals surface area contributed by atoms with Gasteiger partial charge in [0, 0.05) is 22.8 Å². The van der Waals surface area contributed by atoms with E-state index in [4.69, 9.17) is 0 Å². The Balaban J connectivity index is 1.74. The minimum absolute atomic E-state index is 0.0302. The molecule has 0 saturated carbocycles. The van der Waals surface area contributed by atoms with Crippen LogP contribution in [0.2, 0.25) is 0 Å². The number of nitrogens with zero attached hydrogens (tertiary/aromatic N) is 1. The number of aromatic amines is 1. The van der Waals surface area contributed by atoms with Crippen LogP contribution in [0.25, 0.3) is 10.9 Å². The van der Waals surface area contributed by atoms with Gasteiger partial charge in [-0.25, -0.2) is 5.43 Å². The summed E-state index contributed by atoms with van der Waals surface area (Å²) < 4.78 is 37.1. The number of amides is 2. The van der Waals surface area contributed by atoms with Crippen LogP contribution in [0.3, 0.4) is 0 Å². The van der Waals surface area contributed by atoms with Crippen LogP contribution in [0.5, 0.6) is 0 Å². The van der Waals surface area contributed by atoms with Crippen LogP contribution in [-0.4, -0.2) is 28.7 Å². The van der Waals surface area contributed by atoms with Crippen LogP contribution >= 0.6 is 0 Å². The average Bonchev–Trinajstić information content (AvgIpc) is 3.09. The summed E-state index contributed by atoms with van der Waals surface area (Å²) in [5.74, 6) is -2.50. The maximum atomic E-state index is 12.4. The fourth-order valence-electron chi connectivity index (χ4n) is 2.54. The molecule has 0 unspecified atom stereocenters. The number of hydrazone groups is 1. The molecule has 28 heavy (non-hydrogen) atoms. The number of carbonyl (C=O) groups is 2. The van der Waals surface area contributed by atoms with Crippen molar-refractivity contribution < 1.29 is 22.8 Å². The zero-order valence-electron chi connectivity index (χ0n) is 14.6. The highest BCUT2D eigenvalue weighted by atomic mass is 19.4. The average molecular weight is 388 g/mol. The van der Waals surface area contributed by atoms with Crippen molar-refractivity contribution in [3.8, 4) is 0 Å². The van der Waals surface area contributed by atoms with Crippen LogP contribution in [-0.2, 0) is 4.79 Å². The molecule has 3 aromatic rings. The number of aromatic nitrogens is 1. The molecule has 3 rings (SSSR count). The first-order valence-corrected chi connectivity index (χ1v) is 8.15. The maximum absolute atomic E-state index is 12.4. The molecule has 1 heterocycles. The van der Waals surface area contributed by atoms with Crippen molar-refractivity contribution >= 4 is 34.1 Å². The van der Waals surface area contributed by atoms with Crippen LogP contribution < -0.4 is 10.7 Å². The molecule has 2 amide bonds. The Kier molecular flexibility index (Phi) is 5.16. The van der Waals surface area contributed by atoms with Gasteiger partial charge in [-0.05, 0) is 30.7 Å². The predicted molar refractivity (Wildman–Crippen MR) is 99.1 cm³/mol. The van der Waals surface area contributed by atoms with Gasteiger partial charge < -0.3 is 10.3 Å². The van der Waals surface area contributed by atoms with Crippen LogP contribution in [0.4, 0.5) is 18.9 Å². The number of carbonyl (C=O) groups excluding carboxylic acids is 2. The van der Waals surface area contributed by atoms with Gasteiger partial charge >= 0.3 is 12.1 Å². The van der Waals surface area contributed by atoms with Crippen molar-refractivity contribution in [2.24, 2.45) is 5.10 Å². The Hall–Kier alpha value is -3.62. The topological polar surface area (TPSA) is 86.3 Å². The molecule has 0 aliphatic heterocycles. The molecule has 0 saturated heterocycles. The lowest BCUT2D eigenvalue weighted by atomic mass is 10.1. The number of fused-ring (bicyclic) bond motifs is 1. The minimum Gasteiger partial charge on any atom is -0.360 e. The standard InChI is InChI=1S/C19H15F3N4O2/c1-11(12-5-4-6-13(9-12)24-18(28)19(20,21)22)25-26-17(27)15-10-23-16-8-3-2-7-14(15)16/h2-10,23H,1H3,(H,24,28)(H,26,27)/b25-11-. The number of para-hydroxylation sites is 1. The van der Waals surface area contributed by atoms with Crippen molar-refractivity contribution in [1.82, 2.24) is 10.4 Å². The second-order valence-electron chi connectivity index (χ2n) is 5.92. The molecule has 0 fully saturated rings. The molecule has 1 aromatic heterocycles. The summed E-state index contributed by atoms with van der Waals surface area (Å²) in [4.78, 5) is 26.4. The SMILES string of the molecule is C/C(=N/NC(=O)c1c[nH]c2ccccc12)c1cccc(NC(=O)C(F)(F)F)c1. The van der Waals surface area contributed by atoms with Gasteiger partial charge in [0.1, 0.15) is 0 Å². The number of nitrogens with one attached hydrogen (secondary N) is 3. The predicted octanol–water partition coefficient (Wildman–Crippen LogP) is 3.82. The number of rotatable bonds is 4. The summed E-state index contributed by atoms with van der Waals surface area (Å²) in [6.07, 6.45) is -3.41. The molecular formula is C19H15F3N4O2. The van der Waals surface area contributed by atoms with Crippen LogP contribution in [0, 0.1) is 0 Å². The molecule has 0 spiro atoms. The lowest BCUT2D eigenvalue weighted by Crippen LogP contribution is -2.29. The molecule has 2 aromatic carbocycles. The number of hydrogen-bond acceptors (Lipinski definition) is 3. The molecule has 0 aliphatic carbocycles. The van der Waals surface area contributed by atoms with Gasteiger partial charge in [0.25, 0.3) is 5.91 Å². The molecule has 0 aliphatic rings. The second kappa shape index (κ2) is 7.55. The van der Waals surface area contributed by atoms with Crippen LogP contribution in [0.1, 0.15) is 22.8 Å². The van der Waals surface area contributed by atoms with Crippen molar-refractivity contribution in [1.29, 1.82) is 0 Å². The lowest BCUT2D eigenvalue weighted by molar-refractivity contribution is -0.167. The van der Waals surface area contributed by atoms with Gasteiger partial charge in [0.2, 0.25) is 0 Å². The van der Waals surface area contributed by atoms with E-state index in [0.29, 0.717) is 16.8 Å². The first kappa shape index (κ1) is 19.2. The molecule has 144 valence electrons. The third-order valence-electron chi connectivity index (χ3n) is 3.95. The Morgan fingerprint density at radius 1 is 1.07 bits per heavy atom. The molecule has 0 radical (unpaired) electrons. The van der Waals surface area contributed by atoms with Crippen molar-refractivity contribution in [3.05, 3.63) is 65.9 Å². The Labute approximate surface area is 157 Å². The normalized spacial score (nSPS) is 12.1. The van der Waals surface area contributed by atoms with E-state index in [1.54, 1.807) is 30.6 Å². The van der Waals surface area contributed by atoms with E-state index in [2.05, 4.69) is 15.5 Å². The first-order valence-electron chi connectivity index (χ1n) is 8.15. The van der Waals surface area contributed by atoms with E-state index in [1.165, 1.54) is 18.2 Å². The van der Waals surface area contributed by atoms with E-state index in [0.717, 1.165) is 10.9 Å². The summed E-state index contributed by atoms with van der Waals surface area (Å²) in [6.45, 7) is 1.58. The number of benzene rings is 2. The molecule has 3 N–H and O–H groups in total. The largest absolute Gasteiger partial charge is 0.471 e. The number of anilines is 1. The Bertz CT molecular complexity index is 1070. The van der Waals surface area contributed by atoms with E-state index >= 15 is 0 Å². The molecule has 6 nitrogen and oxygen atoms in total. The quantitative estimate of drug-likeness (QED) is 0.469. The highest BCUT2D eigenvalue weighted by Gasteiger charge is 2.38.